The Labute approximate surface area is 161 Å². The van der Waals surface area contributed by atoms with Crippen LogP contribution in [0.2, 0.25) is 0 Å². The summed E-state index contributed by atoms with van der Waals surface area (Å²) in [6.07, 6.45) is -1.52. The first-order chi connectivity index (χ1) is 12.9. The van der Waals surface area contributed by atoms with E-state index in [-0.39, 0.29) is 31.6 Å². The fourth-order valence-corrected chi connectivity index (χ4v) is 7.66. The molecule has 4 saturated carbocycles. The molecule has 2 bridgehead atoms. The van der Waals surface area contributed by atoms with Crippen molar-refractivity contribution in [2.75, 3.05) is 0 Å². The van der Waals surface area contributed by atoms with E-state index in [9.17, 15) is 39.9 Å². The largest absolute Gasteiger partial charge is 0.481 e. The molecule has 4 aliphatic carbocycles. The zero-order valence-corrected chi connectivity index (χ0v) is 15.7. The van der Waals surface area contributed by atoms with Crippen LogP contribution < -0.4 is 0 Å². The second-order valence-corrected chi connectivity index (χ2v) is 9.52. The average molecular weight is 394 g/mol. The lowest BCUT2D eigenvalue weighted by Gasteiger charge is -2.51. The number of rotatable bonds is 3. The maximum absolute atomic E-state index is 12.7. The van der Waals surface area contributed by atoms with E-state index in [0.717, 1.165) is 0 Å². The summed E-state index contributed by atoms with van der Waals surface area (Å²) < 4.78 is 0. The van der Waals surface area contributed by atoms with Crippen molar-refractivity contribution in [2.45, 2.75) is 51.2 Å². The smallest absolute Gasteiger partial charge is 0.312 e. The first-order valence-electron chi connectivity index (χ1n) is 9.68. The van der Waals surface area contributed by atoms with E-state index in [1.165, 1.54) is 6.92 Å². The Morgan fingerprint density at radius 3 is 2.29 bits per heavy atom. The van der Waals surface area contributed by atoms with Gasteiger partial charge in [0, 0.05) is 11.8 Å². The number of hydrogen-bond acceptors (Lipinski definition) is 5. The van der Waals surface area contributed by atoms with Crippen molar-refractivity contribution in [1.29, 1.82) is 0 Å². The molecular weight excluding hydrogens is 368 g/mol. The number of aliphatic carboxylic acids is 3. The second kappa shape index (κ2) is 5.57. The van der Waals surface area contributed by atoms with Crippen LogP contribution in [0.15, 0.2) is 12.2 Å². The first kappa shape index (κ1) is 19.4. The van der Waals surface area contributed by atoms with Crippen molar-refractivity contribution in [3.63, 3.8) is 0 Å². The fourth-order valence-electron chi connectivity index (χ4n) is 7.66. The highest BCUT2D eigenvalue weighted by Crippen LogP contribution is 2.77. The Morgan fingerprint density at radius 2 is 1.75 bits per heavy atom. The summed E-state index contributed by atoms with van der Waals surface area (Å²) in [5.41, 5.74) is -3.78. The molecule has 154 valence electrons. The summed E-state index contributed by atoms with van der Waals surface area (Å²) in [5.74, 6) is -7.34. The molecule has 28 heavy (non-hydrogen) atoms. The van der Waals surface area contributed by atoms with Crippen LogP contribution in [0, 0.1) is 39.9 Å². The number of fused-ring (bicyclic) bond motifs is 3. The molecular formula is C20H26O8. The van der Waals surface area contributed by atoms with Crippen molar-refractivity contribution < 1.29 is 39.9 Å². The van der Waals surface area contributed by atoms with E-state index in [1.54, 1.807) is 0 Å². The molecule has 0 saturated heterocycles. The van der Waals surface area contributed by atoms with E-state index < -0.39 is 64.1 Å². The Hall–Kier alpha value is -1.93. The molecule has 8 heteroatoms. The summed E-state index contributed by atoms with van der Waals surface area (Å²) in [6.45, 7) is 5.28. The van der Waals surface area contributed by atoms with E-state index in [4.69, 9.17) is 0 Å². The van der Waals surface area contributed by atoms with E-state index in [2.05, 4.69) is 6.58 Å². The summed E-state index contributed by atoms with van der Waals surface area (Å²) in [6, 6.07) is 0. The van der Waals surface area contributed by atoms with Crippen molar-refractivity contribution >= 4 is 17.9 Å². The second-order valence-electron chi connectivity index (χ2n) is 9.52. The van der Waals surface area contributed by atoms with Gasteiger partial charge in [0.1, 0.15) is 0 Å². The quantitative estimate of drug-likeness (QED) is 0.444. The Kier molecular flexibility index (Phi) is 3.86. The van der Waals surface area contributed by atoms with Crippen molar-refractivity contribution in [1.82, 2.24) is 0 Å². The van der Waals surface area contributed by atoms with Gasteiger partial charge in [-0.25, -0.2) is 0 Å². The fraction of sp³-hybridized carbons (Fsp3) is 0.750. The van der Waals surface area contributed by atoms with Gasteiger partial charge in [0.05, 0.1) is 29.0 Å². The number of hydrogen-bond donors (Lipinski definition) is 5. The van der Waals surface area contributed by atoms with Gasteiger partial charge in [-0.3, -0.25) is 14.4 Å². The standard InChI is InChI=1S/C20H26O8/c1-8-6-19-7-9(8)10(21)5-11(19)20(17(27)28)4-3-12(22)18(2,16(25)26)14(20)13(19)15(23)24/h9-14,21-22H,1,3-7H2,2H3,(H,23,24)(H,25,26)(H,27,28). The highest BCUT2D eigenvalue weighted by molar-refractivity contribution is 5.86. The van der Waals surface area contributed by atoms with Crippen molar-refractivity contribution in [2.24, 2.45) is 39.9 Å². The van der Waals surface area contributed by atoms with Gasteiger partial charge >= 0.3 is 17.9 Å². The van der Waals surface area contributed by atoms with Gasteiger partial charge in [0.25, 0.3) is 0 Å². The van der Waals surface area contributed by atoms with Crippen LogP contribution in [0.1, 0.15) is 39.0 Å². The van der Waals surface area contributed by atoms with Crippen molar-refractivity contribution in [3.05, 3.63) is 12.2 Å². The lowest BCUT2D eigenvalue weighted by molar-refractivity contribution is -0.192. The van der Waals surface area contributed by atoms with Gasteiger partial charge in [0.2, 0.25) is 0 Å². The lowest BCUT2D eigenvalue weighted by atomic mass is 9.51. The molecule has 0 aliphatic heterocycles. The highest BCUT2D eigenvalue weighted by atomic mass is 16.4. The van der Waals surface area contributed by atoms with Crippen LogP contribution in [-0.2, 0) is 14.4 Å². The minimum atomic E-state index is -1.91. The normalized spacial score (nSPS) is 52.0. The predicted octanol–water partition coefficient (Wildman–Crippen LogP) is 0.967. The number of carboxylic acids is 3. The SMILES string of the molecule is C=C1CC23CC1C(O)CC2C1(C(=O)O)CCC(O)C(C)(C(=O)O)C1C3C(=O)O. The Balaban J connectivity index is 2.03. The number of carboxylic acid groups (broad SMARTS) is 3. The maximum Gasteiger partial charge on any atom is 0.312 e. The van der Waals surface area contributed by atoms with Gasteiger partial charge in [0.15, 0.2) is 0 Å². The third-order valence-electron chi connectivity index (χ3n) is 8.74. The monoisotopic (exact) mass is 394 g/mol. The molecule has 4 fully saturated rings. The van der Waals surface area contributed by atoms with Crippen LogP contribution in [-0.4, -0.2) is 55.6 Å². The van der Waals surface area contributed by atoms with Crippen LogP contribution in [0.3, 0.4) is 0 Å². The van der Waals surface area contributed by atoms with E-state index >= 15 is 0 Å². The molecule has 0 aromatic carbocycles. The molecule has 1 spiro atoms. The average Bonchev–Trinajstić information content (AvgIpc) is 3.03. The van der Waals surface area contributed by atoms with Gasteiger partial charge < -0.3 is 25.5 Å². The molecule has 0 radical (unpaired) electrons. The predicted molar refractivity (Wildman–Crippen MR) is 94.1 cm³/mol. The summed E-state index contributed by atoms with van der Waals surface area (Å²) in [7, 11) is 0. The molecule has 8 nitrogen and oxygen atoms in total. The van der Waals surface area contributed by atoms with E-state index in [0.29, 0.717) is 12.0 Å². The molecule has 9 unspecified atom stereocenters. The maximum atomic E-state index is 12.7. The lowest BCUT2D eigenvalue weighted by Crippen LogP contribution is -2.60. The highest BCUT2D eigenvalue weighted by Gasteiger charge is 2.81. The Bertz CT molecular complexity index is 791. The van der Waals surface area contributed by atoms with Crippen LogP contribution >= 0.6 is 0 Å². The van der Waals surface area contributed by atoms with E-state index in [1.807, 2.05) is 0 Å². The van der Waals surface area contributed by atoms with Crippen molar-refractivity contribution in [3.8, 4) is 0 Å². The number of carbonyl (C=O) groups is 3. The molecule has 9 atom stereocenters. The minimum absolute atomic E-state index is 0.00288. The molecule has 0 aromatic heterocycles. The molecule has 0 aromatic rings. The van der Waals surface area contributed by atoms with Gasteiger partial charge in [-0.15, -0.1) is 0 Å². The zero-order valence-electron chi connectivity index (χ0n) is 15.7. The molecule has 4 aliphatic rings. The minimum Gasteiger partial charge on any atom is -0.481 e. The molecule has 5 N–H and O–H groups in total. The van der Waals surface area contributed by atoms with Crippen LogP contribution in [0.4, 0.5) is 0 Å². The van der Waals surface area contributed by atoms with Gasteiger partial charge in [-0.2, -0.15) is 0 Å². The zero-order chi connectivity index (χ0) is 20.8. The molecule has 4 rings (SSSR count). The summed E-state index contributed by atoms with van der Waals surface area (Å²) in [5, 5.41) is 51.8. The summed E-state index contributed by atoms with van der Waals surface area (Å²) >= 11 is 0. The molecule has 0 amide bonds. The molecule has 0 heterocycles. The Morgan fingerprint density at radius 1 is 1.11 bits per heavy atom. The third kappa shape index (κ3) is 1.90. The number of aliphatic hydroxyl groups is 2. The third-order valence-corrected chi connectivity index (χ3v) is 8.74. The number of aliphatic hydroxyl groups excluding tert-OH is 2. The van der Waals surface area contributed by atoms with Gasteiger partial charge in [-0.1, -0.05) is 12.2 Å². The van der Waals surface area contributed by atoms with Crippen LogP contribution in [0.25, 0.3) is 0 Å². The topological polar surface area (TPSA) is 152 Å². The first-order valence-corrected chi connectivity index (χ1v) is 9.68. The summed E-state index contributed by atoms with van der Waals surface area (Å²) in [4.78, 5) is 37.5. The van der Waals surface area contributed by atoms with Crippen LogP contribution in [0.5, 0.6) is 0 Å². The van der Waals surface area contributed by atoms with Gasteiger partial charge in [-0.05, 0) is 50.4 Å².